The first kappa shape index (κ1) is 9.15. The maximum atomic E-state index is 5.85. The normalized spacial score (nSPS) is 18.8. The quantitative estimate of drug-likeness (QED) is 0.604. The molecule has 1 rings (SSSR count). The summed E-state index contributed by atoms with van der Waals surface area (Å²) in [5, 5.41) is 0. The Bertz CT molecular complexity index is 200. The van der Waals surface area contributed by atoms with Crippen LogP contribution in [0.3, 0.4) is 0 Å². The van der Waals surface area contributed by atoms with Crippen LogP contribution in [0.1, 0.15) is 13.3 Å². The molecule has 0 heterocycles. The van der Waals surface area contributed by atoms with Crippen LogP contribution in [0.2, 0.25) is 0 Å². The van der Waals surface area contributed by atoms with Crippen molar-refractivity contribution in [1.29, 1.82) is 0 Å². The summed E-state index contributed by atoms with van der Waals surface area (Å²) in [5.41, 5.74) is 1.15. The molecule has 0 aromatic heterocycles. The zero-order valence-electron chi connectivity index (χ0n) is 5.50. The average molecular weight is 233 g/mol. The van der Waals surface area contributed by atoms with E-state index in [4.69, 9.17) is 27.9 Å². The number of hydrogen-bond acceptors (Lipinski definition) is 0. The second kappa shape index (κ2) is 3.20. The summed E-state index contributed by atoms with van der Waals surface area (Å²) in [6.07, 6.45) is 4.91. The summed E-state index contributed by atoms with van der Waals surface area (Å²) >= 11 is -3.02. The summed E-state index contributed by atoms with van der Waals surface area (Å²) in [5.74, 6) is 0. The van der Waals surface area contributed by atoms with Crippen molar-refractivity contribution in [2.75, 3.05) is 0 Å². The molecule has 56 valence electrons. The molecule has 0 aliphatic heterocycles. The van der Waals surface area contributed by atoms with Crippen molar-refractivity contribution >= 4 is 27.9 Å². The van der Waals surface area contributed by atoms with Crippen molar-refractivity contribution in [2.45, 2.75) is 13.3 Å². The van der Waals surface area contributed by atoms with Gasteiger partial charge in [-0.3, -0.25) is 0 Å². The molecule has 0 N–H and O–H groups in total. The van der Waals surface area contributed by atoms with Gasteiger partial charge in [-0.25, -0.2) is 0 Å². The van der Waals surface area contributed by atoms with E-state index in [1.54, 1.807) is 0 Å². The fraction of sp³-hybridized carbons (Fsp3) is 0.333. The van der Waals surface area contributed by atoms with E-state index in [9.17, 15) is 0 Å². The zero-order chi connectivity index (χ0) is 7.78. The minimum absolute atomic E-state index is 0.850. The van der Waals surface area contributed by atoms with E-state index in [2.05, 4.69) is 0 Å². The van der Waals surface area contributed by atoms with Crippen molar-refractivity contribution in [3.63, 3.8) is 0 Å². The van der Waals surface area contributed by atoms with Crippen molar-refractivity contribution in [2.24, 2.45) is 0 Å². The van der Waals surface area contributed by atoms with Gasteiger partial charge in [-0.2, -0.15) is 0 Å². The Balaban J connectivity index is 2.86. The number of halogens is 3. The van der Waals surface area contributed by atoms with Gasteiger partial charge in [-0.15, -0.1) is 0 Å². The first-order valence-corrected chi connectivity index (χ1v) is 10.2. The van der Waals surface area contributed by atoms with E-state index in [1.807, 2.05) is 19.1 Å². The van der Waals surface area contributed by atoms with Crippen LogP contribution in [0.5, 0.6) is 0 Å². The van der Waals surface area contributed by atoms with Gasteiger partial charge in [-0.1, -0.05) is 0 Å². The van der Waals surface area contributed by atoms with Crippen LogP contribution in [0, 0.1) is 0 Å². The monoisotopic (exact) mass is 232 g/mol. The van der Waals surface area contributed by atoms with Gasteiger partial charge in [0, 0.05) is 0 Å². The molecular formula is C6H7Cl3Ti. The fourth-order valence-corrected chi connectivity index (χ4v) is 5.13. The van der Waals surface area contributed by atoms with Crippen LogP contribution in [0.25, 0.3) is 0 Å². The van der Waals surface area contributed by atoms with Crippen molar-refractivity contribution in [3.8, 4) is 0 Å². The summed E-state index contributed by atoms with van der Waals surface area (Å²) < 4.78 is 1.07. The molecule has 0 fully saturated rings. The van der Waals surface area contributed by atoms with Crippen LogP contribution in [0.4, 0.5) is 0 Å². The van der Waals surface area contributed by atoms with Crippen LogP contribution >= 0.6 is 27.9 Å². The molecule has 0 amide bonds. The summed E-state index contributed by atoms with van der Waals surface area (Å²) in [6.45, 7) is 1.99. The SMILES string of the molecule is CC1=[C]([Ti]([Cl])([Cl])[Cl])CC=C1. The predicted octanol–water partition coefficient (Wildman–Crippen LogP) is 3.84. The van der Waals surface area contributed by atoms with E-state index >= 15 is 0 Å². The Morgan fingerprint density at radius 2 is 2.00 bits per heavy atom. The zero-order valence-corrected chi connectivity index (χ0v) is 9.33. The molecule has 0 bridgehead atoms. The van der Waals surface area contributed by atoms with E-state index < -0.39 is 13.4 Å². The van der Waals surface area contributed by atoms with Gasteiger partial charge in [0.1, 0.15) is 0 Å². The van der Waals surface area contributed by atoms with E-state index in [0.717, 1.165) is 15.9 Å². The third-order valence-electron chi connectivity index (χ3n) is 1.51. The van der Waals surface area contributed by atoms with Crippen molar-refractivity contribution in [1.82, 2.24) is 0 Å². The second-order valence-corrected chi connectivity index (χ2v) is 14.2. The first-order valence-electron chi connectivity index (χ1n) is 2.95. The summed E-state index contributed by atoms with van der Waals surface area (Å²) in [4.78, 5) is 0. The molecule has 0 aromatic rings. The molecule has 0 unspecified atom stereocenters. The fourth-order valence-electron chi connectivity index (χ4n) is 0.954. The van der Waals surface area contributed by atoms with Gasteiger partial charge in [0.2, 0.25) is 0 Å². The van der Waals surface area contributed by atoms with E-state index in [-0.39, 0.29) is 0 Å². The molecular weight excluding hydrogens is 226 g/mol. The molecule has 0 saturated heterocycles. The Hall–Kier alpha value is 1.06. The summed E-state index contributed by atoms with van der Waals surface area (Å²) in [7, 11) is 17.6. The van der Waals surface area contributed by atoms with Gasteiger partial charge in [0.05, 0.1) is 0 Å². The third-order valence-corrected chi connectivity index (χ3v) is 6.33. The molecule has 0 saturated carbocycles. The van der Waals surface area contributed by atoms with Gasteiger partial charge >= 0.3 is 76.3 Å². The number of hydrogen-bond donors (Lipinski definition) is 0. The van der Waals surface area contributed by atoms with Crippen LogP contribution < -0.4 is 0 Å². The van der Waals surface area contributed by atoms with E-state index in [1.165, 1.54) is 0 Å². The van der Waals surface area contributed by atoms with Gasteiger partial charge in [-0.05, 0) is 0 Å². The van der Waals surface area contributed by atoms with Crippen molar-refractivity contribution < 1.29 is 13.4 Å². The average Bonchev–Trinajstić information content (AvgIpc) is 2.11. The first-order chi connectivity index (χ1) is 4.52. The molecule has 1 aliphatic carbocycles. The van der Waals surface area contributed by atoms with Crippen LogP contribution in [-0.2, 0) is 13.4 Å². The molecule has 0 atom stereocenters. The predicted molar refractivity (Wildman–Crippen MR) is 44.0 cm³/mol. The molecule has 0 aromatic carbocycles. The molecule has 0 spiro atoms. The molecule has 1 aliphatic rings. The van der Waals surface area contributed by atoms with Gasteiger partial charge < -0.3 is 0 Å². The standard InChI is InChI=1S/C6H7.3ClH.Ti/c1-6-4-2-3-5-6;;;;/h2,4H,3H2,1H3;3*1H;/q;;;;+3/p-3. The molecule has 10 heavy (non-hydrogen) atoms. The Morgan fingerprint density at radius 1 is 1.40 bits per heavy atom. The summed E-state index contributed by atoms with van der Waals surface area (Å²) in [6, 6.07) is 0. The molecule has 0 nitrogen and oxygen atoms in total. The number of allylic oxidation sites excluding steroid dienone is 4. The topological polar surface area (TPSA) is 0 Å². The van der Waals surface area contributed by atoms with E-state index in [0.29, 0.717) is 0 Å². The Kier molecular flexibility index (Phi) is 2.93. The van der Waals surface area contributed by atoms with Crippen LogP contribution in [0.15, 0.2) is 21.6 Å². The minimum atomic E-state index is -3.02. The van der Waals surface area contributed by atoms with Crippen LogP contribution in [-0.4, -0.2) is 0 Å². The second-order valence-electron chi connectivity index (χ2n) is 2.27. The number of rotatable bonds is 1. The van der Waals surface area contributed by atoms with Gasteiger partial charge in [0.15, 0.2) is 0 Å². The Morgan fingerprint density at radius 3 is 2.20 bits per heavy atom. The van der Waals surface area contributed by atoms with Crippen molar-refractivity contribution in [3.05, 3.63) is 21.6 Å². The Labute approximate surface area is 75.8 Å². The molecule has 4 heteroatoms. The maximum absolute atomic E-state index is 5.85. The van der Waals surface area contributed by atoms with Gasteiger partial charge in [0.25, 0.3) is 0 Å². The third kappa shape index (κ3) is 2.02. The molecule has 0 radical (unpaired) electrons.